The Kier molecular flexibility index (Phi) is 4.69. The van der Waals surface area contributed by atoms with Gasteiger partial charge in [-0.2, -0.15) is 4.31 Å². The predicted octanol–water partition coefficient (Wildman–Crippen LogP) is -0.557. The van der Waals surface area contributed by atoms with E-state index in [2.05, 4.69) is 10.6 Å². The van der Waals surface area contributed by atoms with E-state index in [4.69, 9.17) is 0 Å². The van der Waals surface area contributed by atoms with Crippen molar-refractivity contribution in [1.29, 1.82) is 0 Å². The quantitative estimate of drug-likeness (QED) is 0.678. The number of rotatable bonds is 4. The standard InChI is InChI=1S/C13H23N3O4S/c1-13(2)12(18)15-11(17)9-16(13)21(19,20)8-5-10-3-6-14-7-4-10/h10,14H,3-9H2,1-2H3,(H,15,17,18). The van der Waals surface area contributed by atoms with Crippen molar-refractivity contribution in [3.8, 4) is 0 Å². The van der Waals surface area contributed by atoms with Gasteiger partial charge in [-0.25, -0.2) is 8.42 Å². The van der Waals surface area contributed by atoms with Crippen molar-refractivity contribution < 1.29 is 18.0 Å². The molecule has 0 aliphatic carbocycles. The molecule has 2 aliphatic heterocycles. The van der Waals surface area contributed by atoms with E-state index in [0.717, 1.165) is 30.2 Å². The monoisotopic (exact) mass is 317 g/mol. The van der Waals surface area contributed by atoms with Crippen molar-refractivity contribution >= 4 is 21.8 Å². The maximum Gasteiger partial charge on any atom is 0.247 e. The van der Waals surface area contributed by atoms with Gasteiger partial charge in [-0.05, 0) is 52.1 Å². The van der Waals surface area contributed by atoms with Crippen molar-refractivity contribution in [2.45, 2.75) is 38.6 Å². The van der Waals surface area contributed by atoms with Crippen LogP contribution >= 0.6 is 0 Å². The second-order valence-corrected chi connectivity index (χ2v) is 8.25. The van der Waals surface area contributed by atoms with E-state index in [1.807, 2.05) is 0 Å². The molecule has 0 saturated carbocycles. The van der Waals surface area contributed by atoms with Gasteiger partial charge >= 0.3 is 0 Å². The number of piperidine rings is 1. The van der Waals surface area contributed by atoms with Gasteiger partial charge in [-0.3, -0.25) is 14.9 Å². The van der Waals surface area contributed by atoms with E-state index >= 15 is 0 Å². The number of sulfonamides is 1. The highest BCUT2D eigenvalue weighted by Gasteiger charge is 2.46. The number of hydrogen-bond donors (Lipinski definition) is 2. The van der Waals surface area contributed by atoms with Crippen molar-refractivity contribution in [3.05, 3.63) is 0 Å². The minimum atomic E-state index is -3.62. The molecule has 0 aromatic rings. The molecular formula is C13H23N3O4S. The van der Waals surface area contributed by atoms with Gasteiger partial charge < -0.3 is 5.32 Å². The fourth-order valence-electron chi connectivity index (χ4n) is 2.80. The van der Waals surface area contributed by atoms with E-state index in [1.54, 1.807) is 0 Å². The average molecular weight is 317 g/mol. The Morgan fingerprint density at radius 1 is 1.24 bits per heavy atom. The zero-order chi connectivity index (χ0) is 15.7. The molecule has 2 N–H and O–H groups in total. The maximum absolute atomic E-state index is 12.5. The Bertz CT molecular complexity index is 524. The number of carbonyl (C=O) groups is 2. The first-order valence-corrected chi connectivity index (χ1v) is 8.90. The lowest BCUT2D eigenvalue weighted by Gasteiger charge is -2.39. The predicted molar refractivity (Wildman–Crippen MR) is 77.9 cm³/mol. The van der Waals surface area contributed by atoms with Crippen LogP contribution in [0.15, 0.2) is 0 Å². The molecule has 8 heteroatoms. The highest BCUT2D eigenvalue weighted by Crippen LogP contribution is 2.25. The molecule has 21 heavy (non-hydrogen) atoms. The molecule has 0 bridgehead atoms. The summed E-state index contributed by atoms with van der Waals surface area (Å²) in [5.41, 5.74) is -1.22. The number of nitrogens with zero attached hydrogens (tertiary/aromatic N) is 1. The largest absolute Gasteiger partial charge is 0.317 e. The zero-order valence-corrected chi connectivity index (χ0v) is 13.3. The molecule has 0 atom stereocenters. The van der Waals surface area contributed by atoms with Gasteiger partial charge in [0.2, 0.25) is 21.8 Å². The second kappa shape index (κ2) is 6.02. The van der Waals surface area contributed by atoms with E-state index in [-0.39, 0.29) is 12.3 Å². The minimum absolute atomic E-state index is 0.0122. The zero-order valence-electron chi connectivity index (χ0n) is 12.5. The van der Waals surface area contributed by atoms with Gasteiger partial charge in [0.1, 0.15) is 5.54 Å². The summed E-state index contributed by atoms with van der Waals surface area (Å²) in [5.74, 6) is -0.755. The van der Waals surface area contributed by atoms with Crippen LogP contribution in [0.3, 0.4) is 0 Å². The summed E-state index contributed by atoms with van der Waals surface area (Å²) in [6.07, 6.45) is 2.52. The lowest BCUT2D eigenvalue weighted by atomic mass is 9.96. The molecule has 2 rings (SSSR count). The van der Waals surface area contributed by atoms with Crippen LogP contribution in [0.5, 0.6) is 0 Å². The fraction of sp³-hybridized carbons (Fsp3) is 0.846. The molecule has 2 heterocycles. The van der Waals surface area contributed by atoms with Crippen LogP contribution in [0.25, 0.3) is 0 Å². The van der Waals surface area contributed by atoms with Crippen molar-refractivity contribution in [2.24, 2.45) is 5.92 Å². The lowest BCUT2D eigenvalue weighted by Crippen LogP contribution is -2.65. The second-order valence-electron chi connectivity index (χ2n) is 6.24. The van der Waals surface area contributed by atoms with Crippen LogP contribution in [0.4, 0.5) is 0 Å². The third-order valence-corrected chi connectivity index (χ3v) is 6.31. The van der Waals surface area contributed by atoms with Crippen LogP contribution in [0, 0.1) is 5.92 Å². The number of carbonyl (C=O) groups excluding carboxylic acids is 2. The molecule has 2 amide bonds. The van der Waals surface area contributed by atoms with Crippen molar-refractivity contribution in [3.63, 3.8) is 0 Å². The average Bonchev–Trinajstić information content (AvgIpc) is 2.42. The van der Waals surface area contributed by atoms with E-state index in [0.29, 0.717) is 12.3 Å². The maximum atomic E-state index is 12.5. The Labute approximate surface area is 125 Å². The molecule has 120 valence electrons. The lowest BCUT2D eigenvalue weighted by molar-refractivity contribution is -0.141. The van der Waals surface area contributed by atoms with Crippen molar-refractivity contribution in [2.75, 3.05) is 25.4 Å². The molecule has 7 nitrogen and oxygen atoms in total. The fourth-order valence-corrected chi connectivity index (χ4v) is 4.75. The molecule has 2 fully saturated rings. The number of piperazine rings is 1. The Morgan fingerprint density at radius 3 is 2.48 bits per heavy atom. The Balaban J connectivity index is 2.06. The van der Waals surface area contributed by atoms with Crippen LogP contribution in [0.1, 0.15) is 33.1 Å². The number of amides is 2. The molecule has 0 aromatic carbocycles. The smallest absolute Gasteiger partial charge is 0.247 e. The van der Waals surface area contributed by atoms with Crippen LogP contribution < -0.4 is 10.6 Å². The summed E-state index contributed by atoms with van der Waals surface area (Å²) in [5, 5.41) is 5.43. The van der Waals surface area contributed by atoms with Gasteiger partial charge in [0.05, 0.1) is 12.3 Å². The third kappa shape index (κ3) is 3.61. The first-order valence-electron chi connectivity index (χ1n) is 7.29. The third-order valence-electron chi connectivity index (χ3n) is 4.30. The molecular weight excluding hydrogens is 294 g/mol. The SMILES string of the molecule is CC1(C)C(=O)NC(=O)CN1S(=O)(=O)CCC1CCNCC1. The van der Waals surface area contributed by atoms with Gasteiger partial charge in [-0.1, -0.05) is 0 Å². The molecule has 0 spiro atoms. The topological polar surface area (TPSA) is 95.6 Å². The summed E-state index contributed by atoms with van der Waals surface area (Å²) in [4.78, 5) is 23.3. The summed E-state index contributed by atoms with van der Waals surface area (Å²) in [6, 6.07) is 0. The minimum Gasteiger partial charge on any atom is -0.317 e. The van der Waals surface area contributed by atoms with Gasteiger partial charge in [0, 0.05) is 0 Å². The number of nitrogens with one attached hydrogen (secondary N) is 2. The number of imide groups is 1. The van der Waals surface area contributed by atoms with E-state index in [1.165, 1.54) is 13.8 Å². The highest BCUT2D eigenvalue weighted by atomic mass is 32.2. The summed E-state index contributed by atoms with van der Waals surface area (Å²) < 4.78 is 26.1. The normalized spacial score (nSPS) is 24.9. The summed E-state index contributed by atoms with van der Waals surface area (Å²) in [7, 11) is -3.62. The van der Waals surface area contributed by atoms with Crippen molar-refractivity contribution in [1.82, 2.24) is 14.9 Å². The van der Waals surface area contributed by atoms with E-state index < -0.39 is 27.4 Å². The Morgan fingerprint density at radius 2 is 1.86 bits per heavy atom. The molecule has 0 radical (unpaired) electrons. The number of hydrogen-bond acceptors (Lipinski definition) is 5. The molecule has 0 unspecified atom stereocenters. The van der Waals surface area contributed by atoms with Crippen LogP contribution in [-0.2, 0) is 19.6 Å². The van der Waals surface area contributed by atoms with Crippen LogP contribution in [0.2, 0.25) is 0 Å². The van der Waals surface area contributed by atoms with Gasteiger partial charge in [-0.15, -0.1) is 0 Å². The molecule has 2 aliphatic rings. The van der Waals surface area contributed by atoms with Gasteiger partial charge in [0.15, 0.2) is 0 Å². The van der Waals surface area contributed by atoms with E-state index in [9.17, 15) is 18.0 Å². The first kappa shape index (κ1) is 16.4. The summed E-state index contributed by atoms with van der Waals surface area (Å²) >= 11 is 0. The first-order chi connectivity index (χ1) is 9.73. The van der Waals surface area contributed by atoms with Crippen LogP contribution in [-0.4, -0.2) is 55.5 Å². The Hall–Kier alpha value is -0.990. The molecule has 2 saturated heterocycles. The molecule has 0 aromatic heterocycles. The van der Waals surface area contributed by atoms with Gasteiger partial charge in [0.25, 0.3) is 0 Å². The summed E-state index contributed by atoms with van der Waals surface area (Å²) in [6.45, 7) is 4.60. The highest BCUT2D eigenvalue weighted by molar-refractivity contribution is 7.89.